The standard InChI is InChI=1S/C25H25N3O5/c1-15(29)17-7-10-19(11-8-17)26-23(30)16(2)33-25(32)18-9-12-20-21(14-18)27-22-6-4-3-5-13-28(22)24(20)31/h7-12,14,16H,3-6,13H2,1-2H3,(H,26,30). The Balaban J connectivity index is 1.48. The van der Waals surface area contributed by atoms with E-state index in [2.05, 4.69) is 10.3 Å². The van der Waals surface area contributed by atoms with E-state index in [4.69, 9.17) is 4.74 Å². The number of aromatic nitrogens is 2. The van der Waals surface area contributed by atoms with Crippen LogP contribution in [0.2, 0.25) is 0 Å². The fourth-order valence-corrected chi connectivity index (χ4v) is 3.86. The van der Waals surface area contributed by atoms with Crippen molar-refractivity contribution in [2.75, 3.05) is 5.32 Å². The lowest BCUT2D eigenvalue weighted by Crippen LogP contribution is -2.30. The Morgan fingerprint density at radius 1 is 1.03 bits per heavy atom. The lowest BCUT2D eigenvalue weighted by atomic mass is 10.1. The third-order valence-corrected chi connectivity index (χ3v) is 5.76. The van der Waals surface area contributed by atoms with E-state index in [0.29, 0.717) is 28.7 Å². The van der Waals surface area contributed by atoms with Gasteiger partial charge in [-0.2, -0.15) is 0 Å². The van der Waals surface area contributed by atoms with E-state index in [1.165, 1.54) is 26.0 Å². The molecule has 170 valence electrons. The normalized spacial score (nSPS) is 14.1. The molecule has 0 radical (unpaired) electrons. The second-order valence-electron chi connectivity index (χ2n) is 8.20. The summed E-state index contributed by atoms with van der Waals surface area (Å²) >= 11 is 0. The Morgan fingerprint density at radius 2 is 1.76 bits per heavy atom. The molecule has 3 aromatic rings. The molecule has 0 aliphatic carbocycles. The van der Waals surface area contributed by atoms with Crippen LogP contribution in [0.15, 0.2) is 47.3 Å². The summed E-state index contributed by atoms with van der Waals surface area (Å²) in [6.07, 6.45) is 2.66. The van der Waals surface area contributed by atoms with E-state index < -0.39 is 18.0 Å². The average molecular weight is 447 g/mol. The fraction of sp³-hybridized carbons (Fsp3) is 0.320. The van der Waals surface area contributed by atoms with Crippen LogP contribution in [-0.2, 0) is 22.5 Å². The number of Topliss-reactive ketones (excluding diaryl/α,β-unsaturated/α-hetero) is 1. The maximum absolute atomic E-state index is 12.8. The van der Waals surface area contributed by atoms with Gasteiger partial charge in [0.05, 0.1) is 16.5 Å². The molecule has 2 heterocycles. The van der Waals surface area contributed by atoms with Crippen LogP contribution in [0.5, 0.6) is 0 Å². The van der Waals surface area contributed by atoms with Gasteiger partial charge in [0.25, 0.3) is 11.5 Å². The molecule has 1 aromatic heterocycles. The third-order valence-electron chi connectivity index (χ3n) is 5.76. The maximum Gasteiger partial charge on any atom is 0.338 e. The zero-order chi connectivity index (χ0) is 23.5. The maximum atomic E-state index is 12.8. The molecule has 0 bridgehead atoms. The molecule has 1 atom stereocenters. The minimum Gasteiger partial charge on any atom is -0.449 e. The van der Waals surface area contributed by atoms with Crippen LogP contribution in [0.1, 0.15) is 59.7 Å². The van der Waals surface area contributed by atoms with Crippen LogP contribution in [0, 0.1) is 0 Å². The highest BCUT2D eigenvalue weighted by Gasteiger charge is 2.21. The zero-order valence-electron chi connectivity index (χ0n) is 18.6. The van der Waals surface area contributed by atoms with Crippen molar-refractivity contribution in [2.24, 2.45) is 0 Å². The molecular formula is C25H25N3O5. The van der Waals surface area contributed by atoms with Crippen LogP contribution in [0.25, 0.3) is 10.9 Å². The largest absolute Gasteiger partial charge is 0.449 e. The van der Waals surface area contributed by atoms with Crippen molar-refractivity contribution in [1.82, 2.24) is 9.55 Å². The highest BCUT2D eigenvalue weighted by Crippen LogP contribution is 2.17. The van der Waals surface area contributed by atoms with E-state index in [-0.39, 0.29) is 16.9 Å². The van der Waals surface area contributed by atoms with Crippen molar-refractivity contribution in [2.45, 2.75) is 52.2 Å². The molecule has 0 fully saturated rings. The predicted octanol–water partition coefficient (Wildman–Crippen LogP) is 3.51. The summed E-state index contributed by atoms with van der Waals surface area (Å²) in [5, 5.41) is 3.11. The van der Waals surface area contributed by atoms with Gasteiger partial charge >= 0.3 is 5.97 Å². The molecule has 0 saturated heterocycles. The molecular weight excluding hydrogens is 422 g/mol. The first-order valence-corrected chi connectivity index (χ1v) is 11.0. The van der Waals surface area contributed by atoms with Crippen molar-refractivity contribution in [3.05, 3.63) is 69.8 Å². The van der Waals surface area contributed by atoms with E-state index >= 15 is 0 Å². The first-order chi connectivity index (χ1) is 15.8. The molecule has 8 nitrogen and oxygen atoms in total. The van der Waals surface area contributed by atoms with Crippen molar-refractivity contribution in [3.63, 3.8) is 0 Å². The molecule has 8 heteroatoms. The summed E-state index contributed by atoms with van der Waals surface area (Å²) in [5.74, 6) is -0.511. The number of esters is 1. The van der Waals surface area contributed by atoms with Gasteiger partial charge in [-0.25, -0.2) is 9.78 Å². The summed E-state index contributed by atoms with van der Waals surface area (Å²) in [6, 6.07) is 11.1. The molecule has 1 unspecified atom stereocenters. The number of hydrogen-bond donors (Lipinski definition) is 1. The molecule has 1 N–H and O–H groups in total. The van der Waals surface area contributed by atoms with Gasteiger partial charge in [-0.1, -0.05) is 6.42 Å². The van der Waals surface area contributed by atoms with Gasteiger partial charge in [0.15, 0.2) is 11.9 Å². The number of nitrogens with one attached hydrogen (secondary N) is 1. The monoisotopic (exact) mass is 447 g/mol. The number of anilines is 1. The van der Waals surface area contributed by atoms with Crippen molar-refractivity contribution in [1.29, 1.82) is 0 Å². The number of rotatable bonds is 5. The summed E-state index contributed by atoms with van der Waals surface area (Å²) in [7, 11) is 0. The van der Waals surface area contributed by atoms with Gasteiger partial charge in [0.1, 0.15) is 5.82 Å². The van der Waals surface area contributed by atoms with Crippen molar-refractivity contribution in [3.8, 4) is 0 Å². The van der Waals surface area contributed by atoms with Gasteiger partial charge in [0.2, 0.25) is 0 Å². The minimum atomic E-state index is -1.05. The topological polar surface area (TPSA) is 107 Å². The lowest BCUT2D eigenvalue weighted by molar-refractivity contribution is -0.123. The quantitative estimate of drug-likeness (QED) is 0.474. The number of hydrogen-bond acceptors (Lipinski definition) is 6. The van der Waals surface area contributed by atoms with Gasteiger partial charge in [-0.3, -0.25) is 19.0 Å². The van der Waals surface area contributed by atoms with Crippen LogP contribution in [0.4, 0.5) is 5.69 Å². The Morgan fingerprint density at radius 3 is 2.48 bits per heavy atom. The van der Waals surface area contributed by atoms with E-state index in [1.54, 1.807) is 34.9 Å². The summed E-state index contributed by atoms with van der Waals surface area (Å²) in [4.78, 5) is 53.9. The smallest absolute Gasteiger partial charge is 0.338 e. The fourth-order valence-electron chi connectivity index (χ4n) is 3.86. The van der Waals surface area contributed by atoms with Crippen molar-refractivity contribution >= 4 is 34.3 Å². The summed E-state index contributed by atoms with van der Waals surface area (Å²) < 4.78 is 7.05. The molecule has 0 spiro atoms. The van der Waals surface area contributed by atoms with E-state index in [1.807, 2.05) is 0 Å². The highest BCUT2D eigenvalue weighted by molar-refractivity contribution is 5.99. The average Bonchev–Trinajstić information content (AvgIpc) is 3.04. The van der Waals surface area contributed by atoms with Gasteiger partial charge in [0, 0.05) is 24.2 Å². The Kier molecular flexibility index (Phi) is 6.35. The zero-order valence-corrected chi connectivity index (χ0v) is 18.6. The summed E-state index contributed by atoms with van der Waals surface area (Å²) in [5.41, 5.74) is 1.60. The van der Waals surface area contributed by atoms with Crippen LogP contribution >= 0.6 is 0 Å². The second kappa shape index (κ2) is 9.36. The van der Waals surface area contributed by atoms with Crippen LogP contribution < -0.4 is 10.9 Å². The summed E-state index contributed by atoms with van der Waals surface area (Å²) in [6.45, 7) is 3.60. The SMILES string of the molecule is CC(=O)c1ccc(NC(=O)C(C)OC(=O)c2ccc3c(=O)n4c(nc3c2)CCCCC4)cc1. The number of ketones is 1. The van der Waals surface area contributed by atoms with E-state index in [9.17, 15) is 19.2 Å². The number of carbonyl (C=O) groups is 3. The molecule has 1 aliphatic rings. The van der Waals surface area contributed by atoms with Gasteiger partial charge in [-0.15, -0.1) is 0 Å². The minimum absolute atomic E-state index is 0.0705. The van der Waals surface area contributed by atoms with Crippen LogP contribution in [0.3, 0.4) is 0 Å². The molecule has 0 saturated carbocycles. The molecule has 33 heavy (non-hydrogen) atoms. The predicted molar refractivity (Wildman–Crippen MR) is 124 cm³/mol. The molecule has 4 rings (SSSR count). The number of benzene rings is 2. The molecule has 2 aromatic carbocycles. The van der Waals surface area contributed by atoms with Crippen LogP contribution in [-0.4, -0.2) is 33.3 Å². The second-order valence-corrected chi connectivity index (χ2v) is 8.20. The first-order valence-electron chi connectivity index (χ1n) is 11.0. The number of aryl methyl sites for hydroxylation is 1. The number of nitrogens with zero attached hydrogens (tertiary/aromatic N) is 2. The molecule has 1 amide bonds. The Labute approximate surface area is 190 Å². The first kappa shape index (κ1) is 22.4. The number of amides is 1. The highest BCUT2D eigenvalue weighted by atomic mass is 16.5. The number of carbonyl (C=O) groups excluding carboxylic acids is 3. The Hall–Kier alpha value is -3.81. The lowest BCUT2D eigenvalue weighted by Gasteiger charge is -2.14. The van der Waals surface area contributed by atoms with E-state index in [0.717, 1.165) is 31.5 Å². The number of ether oxygens (including phenoxy) is 1. The Bertz CT molecular complexity index is 1290. The molecule has 1 aliphatic heterocycles. The third kappa shape index (κ3) is 4.84. The van der Waals surface area contributed by atoms with Gasteiger partial charge in [-0.05, 0) is 69.2 Å². The van der Waals surface area contributed by atoms with Crippen molar-refractivity contribution < 1.29 is 19.1 Å². The number of fused-ring (bicyclic) bond motifs is 2. The van der Waals surface area contributed by atoms with Gasteiger partial charge < -0.3 is 10.1 Å².